The number of nitrogens with zero attached hydrogens (tertiary/aromatic N) is 4. The summed E-state index contributed by atoms with van der Waals surface area (Å²) in [7, 11) is 3.78. The molecule has 1 aliphatic heterocycles. The van der Waals surface area contributed by atoms with Crippen LogP contribution in [0.4, 0.5) is 5.95 Å². The van der Waals surface area contributed by atoms with Gasteiger partial charge in [-0.25, -0.2) is 14.8 Å². The number of nitrogens with one attached hydrogen (secondary N) is 1. The van der Waals surface area contributed by atoms with Gasteiger partial charge < -0.3 is 24.6 Å². The lowest BCUT2D eigenvalue weighted by atomic mass is 9.97. The van der Waals surface area contributed by atoms with Gasteiger partial charge in [0.25, 0.3) is 0 Å². The van der Waals surface area contributed by atoms with Crippen molar-refractivity contribution in [3.63, 3.8) is 0 Å². The molecule has 1 aliphatic rings. The number of anilines is 1. The number of hydrogen-bond donors (Lipinski definition) is 2. The number of carboxylic acid groups (broad SMARTS) is 1. The van der Waals surface area contributed by atoms with Crippen molar-refractivity contribution < 1.29 is 14.6 Å². The Kier molecular flexibility index (Phi) is 6.36. The zero-order valence-corrected chi connectivity index (χ0v) is 18.0. The third kappa shape index (κ3) is 4.80. The lowest BCUT2D eigenvalue weighted by Gasteiger charge is -2.32. The summed E-state index contributed by atoms with van der Waals surface area (Å²) in [6.07, 6.45) is 8.08. The first-order valence-electron chi connectivity index (χ1n) is 10.7. The van der Waals surface area contributed by atoms with E-state index >= 15 is 0 Å². The number of methoxy groups -OCH3 is 1. The SMILES string of the molecule is COc1ccc2c(c1)c(CCNCC1CCN(c3ncc(C(=O)O)cn3)CC1)cn2C. The van der Waals surface area contributed by atoms with Crippen LogP contribution in [0.2, 0.25) is 0 Å². The molecule has 31 heavy (non-hydrogen) atoms. The summed E-state index contributed by atoms with van der Waals surface area (Å²) in [4.78, 5) is 21.5. The molecule has 0 atom stereocenters. The van der Waals surface area contributed by atoms with Gasteiger partial charge >= 0.3 is 5.97 Å². The summed E-state index contributed by atoms with van der Waals surface area (Å²) in [6.45, 7) is 3.72. The van der Waals surface area contributed by atoms with Crippen molar-refractivity contribution in [3.8, 4) is 5.75 Å². The fourth-order valence-corrected chi connectivity index (χ4v) is 4.24. The molecule has 2 aromatic heterocycles. The average Bonchev–Trinajstić information content (AvgIpc) is 3.12. The quantitative estimate of drug-likeness (QED) is 0.538. The number of rotatable bonds is 8. The highest BCUT2D eigenvalue weighted by Crippen LogP contribution is 2.26. The molecule has 0 radical (unpaired) electrons. The Bertz CT molecular complexity index is 1040. The molecule has 1 fully saturated rings. The number of fused-ring (bicyclic) bond motifs is 1. The Labute approximate surface area is 181 Å². The predicted molar refractivity (Wildman–Crippen MR) is 120 cm³/mol. The fraction of sp³-hybridized carbons (Fsp3) is 0.435. The van der Waals surface area contributed by atoms with Crippen LogP contribution in [0.5, 0.6) is 5.75 Å². The zero-order valence-electron chi connectivity index (χ0n) is 18.0. The molecule has 1 saturated heterocycles. The molecule has 164 valence electrons. The van der Waals surface area contributed by atoms with Crippen molar-refractivity contribution in [3.05, 3.63) is 47.9 Å². The number of aryl methyl sites for hydroxylation is 1. The van der Waals surface area contributed by atoms with Gasteiger partial charge in [-0.15, -0.1) is 0 Å². The minimum Gasteiger partial charge on any atom is -0.497 e. The molecule has 0 unspecified atom stereocenters. The van der Waals surface area contributed by atoms with Gasteiger partial charge in [-0.1, -0.05) is 0 Å². The second kappa shape index (κ2) is 9.34. The van der Waals surface area contributed by atoms with Gasteiger partial charge in [-0.2, -0.15) is 0 Å². The molecule has 0 spiro atoms. The molecular formula is C23H29N5O3. The summed E-state index contributed by atoms with van der Waals surface area (Å²) >= 11 is 0. The number of ether oxygens (including phenoxy) is 1. The molecule has 3 heterocycles. The highest BCUT2D eigenvalue weighted by atomic mass is 16.5. The Hall–Kier alpha value is -3.13. The van der Waals surface area contributed by atoms with Gasteiger partial charge in [-0.05, 0) is 62.0 Å². The molecule has 8 nitrogen and oxygen atoms in total. The maximum absolute atomic E-state index is 10.9. The van der Waals surface area contributed by atoms with E-state index in [1.54, 1.807) is 7.11 Å². The molecule has 3 aromatic rings. The van der Waals surface area contributed by atoms with E-state index in [9.17, 15) is 4.79 Å². The second-order valence-corrected chi connectivity index (χ2v) is 8.11. The lowest BCUT2D eigenvalue weighted by molar-refractivity contribution is 0.0696. The molecule has 0 aliphatic carbocycles. The van der Waals surface area contributed by atoms with E-state index in [-0.39, 0.29) is 5.56 Å². The third-order valence-corrected chi connectivity index (χ3v) is 6.07. The van der Waals surface area contributed by atoms with E-state index in [0.29, 0.717) is 11.9 Å². The Morgan fingerprint density at radius 3 is 2.68 bits per heavy atom. The third-order valence-electron chi connectivity index (χ3n) is 6.07. The number of carboxylic acids is 1. The van der Waals surface area contributed by atoms with E-state index < -0.39 is 5.97 Å². The van der Waals surface area contributed by atoms with Crippen molar-refractivity contribution in [1.82, 2.24) is 19.9 Å². The molecule has 0 amide bonds. The standard InChI is InChI=1S/C23H29N5O3/c1-27-15-17(20-11-19(31-2)3-4-21(20)27)5-8-24-12-16-6-9-28(10-7-16)23-25-13-18(14-26-23)22(29)30/h3-4,11,13-16,24H,5-10,12H2,1-2H3,(H,29,30). The first-order valence-corrected chi connectivity index (χ1v) is 10.7. The van der Waals surface area contributed by atoms with Crippen molar-refractivity contribution in [2.75, 3.05) is 38.2 Å². The molecule has 8 heteroatoms. The van der Waals surface area contributed by atoms with Crippen LogP contribution in [-0.4, -0.2) is 58.9 Å². The van der Waals surface area contributed by atoms with Gasteiger partial charge in [0.05, 0.1) is 12.7 Å². The van der Waals surface area contributed by atoms with E-state index in [1.165, 1.54) is 28.9 Å². The highest BCUT2D eigenvalue weighted by molar-refractivity contribution is 5.87. The molecule has 0 saturated carbocycles. The van der Waals surface area contributed by atoms with E-state index in [4.69, 9.17) is 9.84 Å². The number of piperidine rings is 1. The molecule has 2 N–H and O–H groups in total. The van der Waals surface area contributed by atoms with Gasteiger partial charge in [0.1, 0.15) is 5.75 Å². The minimum absolute atomic E-state index is 0.118. The minimum atomic E-state index is -1.00. The predicted octanol–water partition coefficient (Wildman–Crippen LogP) is 2.72. The number of carbonyl (C=O) groups is 1. The smallest absolute Gasteiger partial charge is 0.338 e. The zero-order chi connectivity index (χ0) is 21.8. The number of aromatic carboxylic acids is 1. The average molecular weight is 424 g/mol. The summed E-state index contributed by atoms with van der Waals surface area (Å²) in [5, 5.41) is 13.8. The topological polar surface area (TPSA) is 92.5 Å². The van der Waals surface area contributed by atoms with Crippen LogP contribution in [0, 0.1) is 5.92 Å². The number of hydrogen-bond acceptors (Lipinski definition) is 6. The number of aromatic nitrogens is 3. The van der Waals surface area contributed by atoms with Crippen LogP contribution in [-0.2, 0) is 13.5 Å². The van der Waals surface area contributed by atoms with Crippen LogP contribution >= 0.6 is 0 Å². The Morgan fingerprint density at radius 1 is 1.26 bits per heavy atom. The van der Waals surface area contributed by atoms with Crippen LogP contribution in [0.15, 0.2) is 36.8 Å². The first kappa shape index (κ1) is 21.1. The normalized spacial score (nSPS) is 14.8. The van der Waals surface area contributed by atoms with Crippen LogP contribution < -0.4 is 15.0 Å². The summed E-state index contributed by atoms with van der Waals surface area (Å²) in [5.41, 5.74) is 2.68. The largest absolute Gasteiger partial charge is 0.497 e. The van der Waals surface area contributed by atoms with Crippen molar-refractivity contribution in [2.24, 2.45) is 13.0 Å². The van der Waals surface area contributed by atoms with Gasteiger partial charge in [-0.3, -0.25) is 0 Å². The lowest BCUT2D eigenvalue weighted by Crippen LogP contribution is -2.38. The molecular weight excluding hydrogens is 394 g/mol. The van der Waals surface area contributed by atoms with Crippen LogP contribution in [0.3, 0.4) is 0 Å². The monoisotopic (exact) mass is 423 g/mol. The number of benzene rings is 1. The maximum atomic E-state index is 10.9. The summed E-state index contributed by atoms with van der Waals surface area (Å²) < 4.78 is 7.56. The molecule has 1 aromatic carbocycles. The van der Waals surface area contributed by atoms with E-state index in [2.05, 4.69) is 50.1 Å². The van der Waals surface area contributed by atoms with Gasteiger partial charge in [0, 0.05) is 49.6 Å². The van der Waals surface area contributed by atoms with Crippen molar-refractivity contribution in [1.29, 1.82) is 0 Å². The summed E-state index contributed by atoms with van der Waals surface area (Å²) in [6, 6.07) is 6.23. The van der Waals surface area contributed by atoms with Gasteiger partial charge in [0.15, 0.2) is 0 Å². The van der Waals surface area contributed by atoms with Gasteiger partial charge in [0.2, 0.25) is 5.95 Å². The van der Waals surface area contributed by atoms with Crippen LogP contribution in [0.25, 0.3) is 10.9 Å². The van der Waals surface area contributed by atoms with E-state index in [0.717, 1.165) is 51.2 Å². The fourth-order valence-electron chi connectivity index (χ4n) is 4.24. The Morgan fingerprint density at radius 2 is 2.00 bits per heavy atom. The van der Waals surface area contributed by atoms with E-state index in [1.807, 2.05) is 6.07 Å². The van der Waals surface area contributed by atoms with Crippen molar-refractivity contribution in [2.45, 2.75) is 19.3 Å². The first-order chi connectivity index (χ1) is 15.0. The Balaban J connectivity index is 1.23. The molecule has 4 rings (SSSR count). The van der Waals surface area contributed by atoms with Crippen LogP contribution in [0.1, 0.15) is 28.8 Å². The summed E-state index contributed by atoms with van der Waals surface area (Å²) in [5.74, 6) is 1.13. The maximum Gasteiger partial charge on any atom is 0.338 e. The van der Waals surface area contributed by atoms with Crippen molar-refractivity contribution >= 4 is 22.8 Å². The second-order valence-electron chi connectivity index (χ2n) is 8.11. The highest BCUT2D eigenvalue weighted by Gasteiger charge is 2.21. The molecule has 0 bridgehead atoms.